The fourth-order valence-corrected chi connectivity index (χ4v) is 3.07. The molecule has 0 spiro atoms. The van der Waals surface area contributed by atoms with Crippen LogP contribution in [0.15, 0.2) is 30.3 Å². The summed E-state index contributed by atoms with van der Waals surface area (Å²) in [4.78, 5) is 40.2. The van der Waals surface area contributed by atoms with Crippen molar-refractivity contribution in [2.24, 2.45) is 0 Å². The van der Waals surface area contributed by atoms with E-state index in [0.29, 0.717) is 0 Å². The van der Waals surface area contributed by atoms with Crippen molar-refractivity contribution in [1.82, 2.24) is 4.90 Å². The summed E-state index contributed by atoms with van der Waals surface area (Å²) in [7, 11) is 0. The Kier molecular flexibility index (Phi) is 5.68. The van der Waals surface area contributed by atoms with Crippen molar-refractivity contribution >= 4 is 17.8 Å². The lowest BCUT2D eigenvalue weighted by Gasteiger charge is -2.37. The second-order valence-electron chi connectivity index (χ2n) is 8.83. The first kappa shape index (κ1) is 20.9. The summed E-state index contributed by atoms with van der Waals surface area (Å²) in [6.07, 6.45) is -0.540. The molecule has 2 rings (SSSR count). The van der Waals surface area contributed by atoms with Gasteiger partial charge in [0.2, 0.25) is 5.54 Å². The first-order chi connectivity index (χ1) is 12.3. The summed E-state index contributed by atoms with van der Waals surface area (Å²) in [6.45, 7) is 10.6. The molecule has 6 heteroatoms. The highest BCUT2D eigenvalue weighted by atomic mass is 16.6. The molecule has 0 N–H and O–H groups in total. The van der Waals surface area contributed by atoms with E-state index in [2.05, 4.69) is 0 Å². The number of ketones is 1. The summed E-state index contributed by atoms with van der Waals surface area (Å²) in [6, 6.07) is 9.16. The fourth-order valence-electron chi connectivity index (χ4n) is 3.07. The lowest BCUT2D eigenvalue weighted by atomic mass is 9.87. The molecule has 0 aromatic heterocycles. The molecule has 0 bridgehead atoms. The lowest BCUT2D eigenvalue weighted by molar-refractivity contribution is -0.169. The molecule has 1 aliphatic heterocycles. The van der Waals surface area contributed by atoms with Gasteiger partial charge < -0.3 is 9.47 Å². The third-order valence-electron chi connectivity index (χ3n) is 4.14. The van der Waals surface area contributed by atoms with Crippen molar-refractivity contribution in [3.63, 3.8) is 0 Å². The van der Waals surface area contributed by atoms with E-state index in [1.807, 2.05) is 30.3 Å². The number of likely N-dealkylation sites (tertiary alicyclic amines) is 1. The minimum absolute atomic E-state index is 0.0564. The van der Waals surface area contributed by atoms with Crippen LogP contribution in [0.4, 0.5) is 4.79 Å². The molecule has 1 atom stereocenters. The van der Waals surface area contributed by atoms with Crippen molar-refractivity contribution in [1.29, 1.82) is 0 Å². The van der Waals surface area contributed by atoms with Gasteiger partial charge in [-0.3, -0.25) is 9.69 Å². The monoisotopic (exact) mass is 375 g/mol. The molecule has 148 valence electrons. The van der Waals surface area contributed by atoms with Crippen LogP contribution in [-0.4, -0.2) is 46.0 Å². The Morgan fingerprint density at radius 1 is 1.00 bits per heavy atom. The second-order valence-corrected chi connectivity index (χ2v) is 8.83. The van der Waals surface area contributed by atoms with Crippen LogP contribution in [0.25, 0.3) is 0 Å². The minimum Gasteiger partial charge on any atom is -0.458 e. The third kappa shape index (κ3) is 4.87. The van der Waals surface area contributed by atoms with Crippen LogP contribution in [0.1, 0.15) is 53.5 Å². The quantitative estimate of drug-likeness (QED) is 0.597. The highest BCUT2D eigenvalue weighted by molar-refractivity contribution is 6.12. The zero-order valence-corrected chi connectivity index (χ0v) is 17.0. The largest absolute Gasteiger partial charge is 0.458 e. The van der Waals surface area contributed by atoms with Crippen LogP contribution in [0.3, 0.4) is 0 Å². The summed E-state index contributed by atoms with van der Waals surface area (Å²) in [5.74, 6) is -1.04. The number of carbonyl (C=O) groups excluding carboxylic acids is 3. The van der Waals surface area contributed by atoms with Crippen molar-refractivity contribution < 1.29 is 23.9 Å². The predicted molar refractivity (Wildman–Crippen MR) is 101 cm³/mol. The molecule has 27 heavy (non-hydrogen) atoms. The first-order valence-corrected chi connectivity index (χ1v) is 9.16. The topological polar surface area (TPSA) is 72.9 Å². The molecule has 0 radical (unpaired) electrons. The average Bonchev–Trinajstić information content (AvgIpc) is 2.83. The average molecular weight is 375 g/mol. The number of hydrogen-bond donors (Lipinski definition) is 0. The van der Waals surface area contributed by atoms with E-state index >= 15 is 0 Å². The number of nitrogens with zero attached hydrogens (tertiary/aromatic N) is 1. The van der Waals surface area contributed by atoms with Gasteiger partial charge >= 0.3 is 12.1 Å². The Morgan fingerprint density at radius 2 is 1.56 bits per heavy atom. The van der Waals surface area contributed by atoms with E-state index in [1.54, 1.807) is 41.5 Å². The van der Waals surface area contributed by atoms with E-state index in [-0.39, 0.29) is 25.2 Å². The molecule has 1 saturated heterocycles. The standard InChI is InChI=1S/C21H29NO5/c1-19(2,3)26-17(24)21(14-15-10-8-7-9-11-15)16(23)12-13-22(21)18(25)27-20(4,5)6/h7-11H,12-14H2,1-6H3/t21-/m1/s1. The van der Waals surface area contributed by atoms with Crippen molar-refractivity contribution in [3.05, 3.63) is 35.9 Å². The maximum absolute atomic E-state index is 13.2. The van der Waals surface area contributed by atoms with Gasteiger partial charge in [0.25, 0.3) is 0 Å². The van der Waals surface area contributed by atoms with Crippen LogP contribution in [0.2, 0.25) is 0 Å². The maximum atomic E-state index is 13.2. The van der Waals surface area contributed by atoms with Crippen LogP contribution >= 0.6 is 0 Å². The van der Waals surface area contributed by atoms with Gasteiger partial charge in [0.15, 0.2) is 5.78 Å². The zero-order chi connectivity index (χ0) is 20.5. The second kappa shape index (κ2) is 7.33. The zero-order valence-electron chi connectivity index (χ0n) is 17.0. The van der Waals surface area contributed by atoms with E-state index in [4.69, 9.17) is 9.47 Å². The smallest absolute Gasteiger partial charge is 0.411 e. The van der Waals surface area contributed by atoms with Crippen LogP contribution in [0, 0.1) is 0 Å². The Bertz CT molecular complexity index is 714. The summed E-state index contributed by atoms with van der Waals surface area (Å²) in [5, 5.41) is 0. The van der Waals surface area contributed by atoms with E-state index in [0.717, 1.165) is 5.56 Å². The molecule has 6 nitrogen and oxygen atoms in total. The number of benzene rings is 1. The molecule has 0 saturated carbocycles. The summed E-state index contributed by atoms with van der Waals surface area (Å²) < 4.78 is 11.0. The Morgan fingerprint density at radius 3 is 2.07 bits per heavy atom. The summed E-state index contributed by atoms with van der Waals surface area (Å²) >= 11 is 0. The van der Waals surface area contributed by atoms with E-state index < -0.39 is 28.8 Å². The van der Waals surface area contributed by atoms with Gasteiger partial charge in [0.1, 0.15) is 11.2 Å². The number of rotatable bonds is 3. The lowest BCUT2D eigenvalue weighted by Crippen LogP contribution is -2.60. The Hall–Kier alpha value is -2.37. The maximum Gasteiger partial charge on any atom is 0.411 e. The molecule has 1 fully saturated rings. The number of hydrogen-bond acceptors (Lipinski definition) is 5. The number of esters is 1. The van der Waals surface area contributed by atoms with Crippen molar-refractivity contribution in [2.75, 3.05) is 6.54 Å². The molecule has 1 aromatic rings. The van der Waals surface area contributed by atoms with Gasteiger partial charge in [-0.15, -0.1) is 0 Å². The van der Waals surface area contributed by atoms with Crippen molar-refractivity contribution in [3.8, 4) is 0 Å². The molecule has 1 heterocycles. The third-order valence-corrected chi connectivity index (χ3v) is 4.14. The number of carbonyl (C=O) groups is 3. The molecular formula is C21H29NO5. The van der Waals surface area contributed by atoms with E-state index in [1.165, 1.54) is 4.90 Å². The normalized spacial score (nSPS) is 20.5. The molecule has 1 aromatic carbocycles. The number of amides is 1. The van der Waals surface area contributed by atoms with Gasteiger partial charge in [0, 0.05) is 19.4 Å². The number of Topliss-reactive ketones (excluding diaryl/α,β-unsaturated/α-hetero) is 1. The molecule has 1 amide bonds. The van der Waals surface area contributed by atoms with Gasteiger partial charge in [-0.2, -0.15) is 0 Å². The van der Waals surface area contributed by atoms with E-state index in [9.17, 15) is 14.4 Å². The van der Waals surface area contributed by atoms with Crippen molar-refractivity contribution in [2.45, 2.75) is 71.1 Å². The minimum atomic E-state index is -1.71. The van der Waals surface area contributed by atoms with Crippen LogP contribution in [-0.2, 0) is 25.5 Å². The van der Waals surface area contributed by atoms with Gasteiger partial charge in [-0.1, -0.05) is 30.3 Å². The molecular weight excluding hydrogens is 346 g/mol. The Labute approximate surface area is 160 Å². The summed E-state index contributed by atoms with van der Waals surface area (Å²) in [5.41, 5.74) is -2.47. The first-order valence-electron chi connectivity index (χ1n) is 9.16. The fraction of sp³-hybridized carbons (Fsp3) is 0.571. The highest BCUT2D eigenvalue weighted by Crippen LogP contribution is 2.34. The molecule has 0 aliphatic carbocycles. The van der Waals surface area contributed by atoms with Gasteiger partial charge in [-0.05, 0) is 47.1 Å². The molecule has 0 unspecified atom stereocenters. The van der Waals surface area contributed by atoms with Gasteiger partial charge in [0.05, 0.1) is 0 Å². The number of ether oxygens (including phenoxy) is 2. The van der Waals surface area contributed by atoms with Crippen LogP contribution in [0.5, 0.6) is 0 Å². The van der Waals surface area contributed by atoms with Crippen LogP contribution < -0.4 is 0 Å². The van der Waals surface area contributed by atoms with Gasteiger partial charge in [-0.25, -0.2) is 9.59 Å². The highest BCUT2D eigenvalue weighted by Gasteiger charge is 2.59. The predicted octanol–water partition coefficient (Wildman–Crippen LogP) is 3.52. The Balaban J connectivity index is 2.48. The molecule has 1 aliphatic rings. The SMILES string of the molecule is CC(C)(C)OC(=O)N1CCC(=O)[C@]1(Cc1ccccc1)C(=O)OC(C)(C)C.